The molecule has 0 aromatic heterocycles. The number of ether oxygens (including phenoxy) is 1. The minimum atomic E-state index is -0.680. The van der Waals surface area contributed by atoms with Gasteiger partial charge in [-0.1, -0.05) is 0 Å². The van der Waals surface area contributed by atoms with Crippen LogP contribution in [0.15, 0.2) is 22.7 Å². The van der Waals surface area contributed by atoms with Crippen molar-refractivity contribution in [3.05, 3.63) is 22.7 Å². The van der Waals surface area contributed by atoms with E-state index in [2.05, 4.69) is 21.2 Å². The average molecular weight is 299 g/mol. The SMILES string of the molecule is COc1cc(NC(=O)C2(N)CCC2)ccc1Br. The minimum Gasteiger partial charge on any atom is -0.495 e. The topological polar surface area (TPSA) is 64.3 Å². The Hall–Kier alpha value is -1.07. The maximum Gasteiger partial charge on any atom is 0.244 e. The van der Waals surface area contributed by atoms with Crippen LogP contribution in [-0.4, -0.2) is 18.6 Å². The number of methoxy groups -OCH3 is 1. The lowest BCUT2D eigenvalue weighted by Gasteiger charge is -2.36. The lowest BCUT2D eigenvalue weighted by Crippen LogP contribution is -2.56. The second kappa shape index (κ2) is 4.66. The van der Waals surface area contributed by atoms with Crippen molar-refractivity contribution in [2.75, 3.05) is 12.4 Å². The Morgan fingerprint density at radius 3 is 2.76 bits per heavy atom. The number of anilines is 1. The first-order valence-corrected chi connectivity index (χ1v) is 6.28. The number of carbonyl (C=O) groups excluding carboxylic acids is 1. The molecule has 17 heavy (non-hydrogen) atoms. The standard InChI is InChI=1S/C12H15BrN2O2/c1-17-10-7-8(3-4-9(10)13)15-11(16)12(14)5-2-6-12/h3-4,7H,2,5-6,14H2,1H3,(H,15,16). The third kappa shape index (κ3) is 2.45. The van der Waals surface area contributed by atoms with Crippen LogP contribution in [0, 0.1) is 0 Å². The fourth-order valence-corrected chi connectivity index (χ4v) is 2.19. The third-order valence-corrected chi connectivity index (χ3v) is 3.76. The van der Waals surface area contributed by atoms with Crippen LogP contribution in [0.5, 0.6) is 5.75 Å². The maximum atomic E-state index is 11.9. The van der Waals surface area contributed by atoms with Gasteiger partial charge in [-0.25, -0.2) is 0 Å². The Balaban J connectivity index is 2.11. The number of nitrogens with one attached hydrogen (secondary N) is 1. The van der Waals surface area contributed by atoms with E-state index >= 15 is 0 Å². The molecule has 0 heterocycles. The van der Waals surface area contributed by atoms with Crippen molar-refractivity contribution in [2.24, 2.45) is 5.73 Å². The van der Waals surface area contributed by atoms with E-state index in [1.807, 2.05) is 12.1 Å². The molecule has 1 aromatic carbocycles. The monoisotopic (exact) mass is 298 g/mol. The first-order valence-electron chi connectivity index (χ1n) is 5.49. The van der Waals surface area contributed by atoms with Crippen LogP contribution in [0.1, 0.15) is 19.3 Å². The first kappa shape index (κ1) is 12.4. The molecule has 1 aliphatic rings. The predicted octanol–water partition coefficient (Wildman–Crippen LogP) is 2.28. The molecular weight excluding hydrogens is 284 g/mol. The van der Waals surface area contributed by atoms with Crippen molar-refractivity contribution in [1.82, 2.24) is 0 Å². The van der Waals surface area contributed by atoms with Gasteiger partial charge in [0.2, 0.25) is 5.91 Å². The highest BCUT2D eigenvalue weighted by Gasteiger charge is 2.40. The zero-order chi connectivity index (χ0) is 12.5. The molecule has 0 spiro atoms. The van der Waals surface area contributed by atoms with Gasteiger partial charge in [-0.2, -0.15) is 0 Å². The molecule has 92 valence electrons. The molecule has 4 nitrogen and oxygen atoms in total. The summed E-state index contributed by atoms with van der Waals surface area (Å²) in [7, 11) is 1.59. The Bertz CT molecular complexity index is 444. The van der Waals surface area contributed by atoms with E-state index in [0.29, 0.717) is 11.4 Å². The lowest BCUT2D eigenvalue weighted by atomic mass is 9.77. The minimum absolute atomic E-state index is 0.117. The van der Waals surface area contributed by atoms with E-state index in [-0.39, 0.29) is 5.91 Å². The summed E-state index contributed by atoms with van der Waals surface area (Å²) in [5.41, 5.74) is 5.96. The number of benzene rings is 1. The fourth-order valence-electron chi connectivity index (χ4n) is 1.78. The molecule has 0 bridgehead atoms. The van der Waals surface area contributed by atoms with Crippen LogP contribution in [0.4, 0.5) is 5.69 Å². The van der Waals surface area contributed by atoms with Crippen LogP contribution in [0.3, 0.4) is 0 Å². The molecular formula is C12H15BrN2O2. The van der Waals surface area contributed by atoms with E-state index in [4.69, 9.17) is 10.5 Å². The van der Waals surface area contributed by atoms with Gasteiger partial charge in [0.25, 0.3) is 0 Å². The summed E-state index contributed by atoms with van der Waals surface area (Å²) in [4.78, 5) is 11.9. The second-order valence-electron chi connectivity index (χ2n) is 4.31. The van der Waals surface area contributed by atoms with E-state index in [1.54, 1.807) is 13.2 Å². The van der Waals surface area contributed by atoms with Gasteiger partial charge < -0.3 is 15.8 Å². The highest BCUT2D eigenvalue weighted by Crippen LogP contribution is 2.32. The van der Waals surface area contributed by atoms with Gasteiger partial charge in [-0.15, -0.1) is 0 Å². The predicted molar refractivity (Wildman–Crippen MR) is 70.1 cm³/mol. The summed E-state index contributed by atoms with van der Waals surface area (Å²) >= 11 is 3.36. The molecule has 5 heteroatoms. The quantitative estimate of drug-likeness (QED) is 0.900. The highest BCUT2D eigenvalue weighted by molar-refractivity contribution is 9.10. The molecule has 0 aliphatic heterocycles. The number of nitrogens with two attached hydrogens (primary N) is 1. The summed E-state index contributed by atoms with van der Waals surface area (Å²) < 4.78 is 6.01. The van der Waals surface area contributed by atoms with Crippen LogP contribution >= 0.6 is 15.9 Å². The van der Waals surface area contributed by atoms with E-state index in [0.717, 1.165) is 23.7 Å². The Labute approximate surface area is 109 Å². The molecule has 0 atom stereocenters. The average Bonchev–Trinajstić information content (AvgIpc) is 2.28. The summed E-state index contributed by atoms with van der Waals surface area (Å²) in [5.74, 6) is 0.565. The van der Waals surface area contributed by atoms with Gasteiger partial charge in [-0.05, 0) is 47.3 Å². The first-order chi connectivity index (χ1) is 8.05. The van der Waals surface area contributed by atoms with Crippen molar-refractivity contribution in [2.45, 2.75) is 24.8 Å². The van der Waals surface area contributed by atoms with E-state index < -0.39 is 5.54 Å². The number of amides is 1. The fraction of sp³-hybridized carbons (Fsp3) is 0.417. The number of rotatable bonds is 3. The van der Waals surface area contributed by atoms with Gasteiger partial charge in [0, 0.05) is 11.8 Å². The molecule has 0 radical (unpaired) electrons. The number of hydrogen-bond donors (Lipinski definition) is 2. The lowest BCUT2D eigenvalue weighted by molar-refractivity contribution is -0.123. The summed E-state index contributed by atoms with van der Waals surface area (Å²) in [6.45, 7) is 0. The van der Waals surface area contributed by atoms with Crippen molar-refractivity contribution >= 4 is 27.5 Å². The van der Waals surface area contributed by atoms with E-state index in [1.165, 1.54) is 0 Å². The summed E-state index contributed by atoms with van der Waals surface area (Å²) in [6.07, 6.45) is 2.53. The van der Waals surface area contributed by atoms with Crippen LogP contribution in [-0.2, 0) is 4.79 Å². The van der Waals surface area contributed by atoms with Gasteiger partial charge in [0.15, 0.2) is 0 Å². The molecule has 1 saturated carbocycles. The number of carbonyl (C=O) groups is 1. The smallest absolute Gasteiger partial charge is 0.244 e. The van der Waals surface area contributed by atoms with Gasteiger partial charge in [0.05, 0.1) is 17.1 Å². The maximum absolute atomic E-state index is 11.9. The normalized spacial score (nSPS) is 17.1. The van der Waals surface area contributed by atoms with Crippen LogP contribution in [0.25, 0.3) is 0 Å². The second-order valence-corrected chi connectivity index (χ2v) is 5.17. The molecule has 0 saturated heterocycles. The van der Waals surface area contributed by atoms with Gasteiger partial charge >= 0.3 is 0 Å². The zero-order valence-electron chi connectivity index (χ0n) is 9.63. The number of halogens is 1. The summed E-state index contributed by atoms with van der Waals surface area (Å²) in [6, 6.07) is 5.41. The number of hydrogen-bond acceptors (Lipinski definition) is 3. The third-order valence-electron chi connectivity index (χ3n) is 3.11. The van der Waals surface area contributed by atoms with Crippen LogP contribution in [0.2, 0.25) is 0 Å². The highest BCUT2D eigenvalue weighted by atomic mass is 79.9. The Morgan fingerprint density at radius 2 is 2.24 bits per heavy atom. The van der Waals surface area contributed by atoms with Gasteiger partial charge in [-0.3, -0.25) is 4.79 Å². The van der Waals surface area contributed by atoms with Crippen molar-refractivity contribution in [1.29, 1.82) is 0 Å². The van der Waals surface area contributed by atoms with Crippen molar-refractivity contribution < 1.29 is 9.53 Å². The Morgan fingerprint density at radius 1 is 1.53 bits per heavy atom. The van der Waals surface area contributed by atoms with Crippen molar-refractivity contribution in [3.63, 3.8) is 0 Å². The van der Waals surface area contributed by atoms with Gasteiger partial charge in [0.1, 0.15) is 5.75 Å². The largest absolute Gasteiger partial charge is 0.495 e. The Kier molecular flexibility index (Phi) is 3.40. The van der Waals surface area contributed by atoms with Crippen LogP contribution < -0.4 is 15.8 Å². The zero-order valence-corrected chi connectivity index (χ0v) is 11.2. The summed E-state index contributed by atoms with van der Waals surface area (Å²) in [5, 5.41) is 2.82. The van der Waals surface area contributed by atoms with E-state index in [9.17, 15) is 4.79 Å². The molecule has 2 rings (SSSR count). The molecule has 1 aliphatic carbocycles. The molecule has 1 fully saturated rings. The molecule has 3 N–H and O–H groups in total. The molecule has 1 aromatic rings. The molecule has 1 amide bonds. The van der Waals surface area contributed by atoms with Crippen molar-refractivity contribution in [3.8, 4) is 5.75 Å². The molecule has 0 unspecified atom stereocenters.